The molecule has 0 radical (unpaired) electrons. The molecule has 8 heteroatoms. The summed E-state index contributed by atoms with van der Waals surface area (Å²) in [4.78, 5) is 34.5. The van der Waals surface area contributed by atoms with E-state index in [1.165, 1.54) is 6.20 Å². The van der Waals surface area contributed by atoms with Gasteiger partial charge in [0.05, 0.1) is 23.4 Å². The summed E-state index contributed by atoms with van der Waals surface area (Å²) in [6.07, 6.45) is 5.44. The van der Waals surface area contributed by atoms with Crippen LogP contribution in [-0.4, -0.2) is 53.0 Å². The maximum atomic E-state index is 12.7. The number of hydrogen-bond donors (Lipinski definition) is 1. The molecule has 0 atom stereocenters. The summed E-state index contributed by atoms with van der Waals surface area (Å²) in [5, 5.41) is 2.86. The molecule has 1 saturated heterocycles. The topological polar surface area (TPSA) is 87.1 Å². The molecule has 1 aromatic carbocycles. The van der Waals surface area contributed by atoms with Crippen LogP contribution in [0, 0.1) is 0 Å². The lowest BCUT2D eigenvalue weighted by atomic mass is 10.3. The molecule has 1 fully saturated rings. The van der Waals surface area contributed by atoms with Gasteiger partial charge in [-0.25, -0.2) is 9.97 Å². The molecule has 4 rings (SSSR count). The summed E-state index contributed by atoms with van der Waals surface area (Å²) in [5.74, 6) is 1.02. The number of nitrogens with zero attached hydrogens (tertiary/aromatic N) is 6. The first-order valence-corrected chi connectivity index (χ1v) is 8.94. The van der Waals surface area contributed by atoms with Crippen molar-refractivity contribution < 1.29 is 4.79 Å². The van der Waals surface area contributed by atoms with Gasteiger partial charge in [-0.05, 0) is 25.0 Å². The Hall–Kier alpha value is -3.29. The number of rotatable bonds is 4. The molecule has 27 heavy (non-hydrogen) atoms. The highest BCUT2D eigenvalue weighted by Crippen LogP contribution is 2.25. The Morgan fingerprint density at radius 1 is 1.04 bits per heavy atom. The fourth-order valence-electron chi connectivity index (χ4n) is 3.12. The van der Waals surface area contributed by atoms with Gasteiger partial charge in [-0.2, -0.15) is 4.98 Å². The minimum absolute atomic E-state index is 0.252. The Bertz CT molecular complexity index is 983. The lowest BCUT2D eigenvalue weighted by molar-refractivity contribution is 0.102. The summed E-state index contributed by atoms with van der Waals surface area (Å²) >= 11 is 0. The Kier molecular flexibility index (Phi) is 4.53. The van der Waals surface area contributed by atoms with Crippen molar-refractivity contribution in [3.05, 3.63) is 42.4 Å². The fourth-order valence-corrected chi connectivity index (χ4v) is 3.12. The van der Waals surface area contributed by atoms with Crippen LogP contribution < -0.4 is 15.1 Å². The predicted molar refractivity (Wildman–Crippen MR) is 105 cm³/mol. The molecule has 0 spiro atoms. The van der Waals surface area contributed by atoms with Gasteiger partial charge in [0.25, 0.3) is 5.91 Å². The van der Waals surface area contributed by atoms with E-state index in [1.807, 2.05) is 43.3 Å². The maximum Gasteiger partial charge on any atom is 0.276 e. The molecule has 3 aromatic rings. The smallest absolute Gasteiger partial charge is 0.276 e. The van der Waals surface area contributed by atoms with Crippen molar-refractivity contribution in [3.63, 3.8) is 0 Å². The number of amides is 1. The van der Waals surface area contributed by atoms with Crippen LogP contribution >= 0.6 is 0 Å². The highest BCUT2D eigenvalue weighted by molar-refractivity contribution is 6.04. The summed E-state index contributed by atoms with van der Waals surface area (Å²) in [5.41, 5.74) is 2.23. The molecular formula is C19H21N7O. The molecule has 1 N–H and O–H groups in total. The normalized spacial score (nSPS) is 13.8. The molecule has 138 valence electrons. The van der Waals surface area contributed by atoms with E-state index >= 15 is 0 Å². The molecule has 0 bridgehead atoms. The SMILES string of the molecule is CN(C)c1nc(N2CCCC2)ncc1NC(=O)c1cnc2ccccc2n1. The lowest BCUT2D eigenvalue weighted by Crippen LogP contribution is -2.24. The molecule has 0 aliphatic carbocycles. The van der Waals surface area contributed by atoms with Crippen LogP contribution in [0.15, 0.2) is 36.7 Å². The number of benzene rings is 1. The molecule has 1 aliphatic rings. The average Bonchev–Trinajstić information content (AvgIpc) is 3.22. The predicted octanol–water partition coefficient (Wildman–Crippen LogP) is 2.34. The van der Waals surface area contributed by atoms with E-state index in [-0.39, 0.29) is 11.6 Å². The number of aromatic nitrogens is 4. The van der Waals surface area contributed by atoms with E-state index in [4.69, 9.17) is 0 Å². The number of carbonyl (C=O) groups excluding carboxylic acids is 1. The number of anilines is 3. The zero-order chi connectivity index (χ0) is 18.8. The van der Waals surface area contributed by atoms with Gasteiger partial charge in [0.2, 0.25) is 5.95 Å². The van der Waals surface area contributed by atoms with Crippen molar-refractivity contribution in [2.45, 2.75) is 12.8 Å². The minimum atomic E-state index is -0.339. The molecule has 3 heterocycles. The van der Waals surface area contributed by atoms with E-state index in [0.717, 1.165) is 31.4 Å². The van der Waals surface area contributed by atoms with Crippen molar-refractivity contribution >= 4 is 34.4 Å². The standard InChI is InChI=1S/C19H21N7O/c1-25(2)17-15(11-21-19(24-17)26-9-5-6-10-26)23-18(27)16-12-20-13-7-3-4-8-14(13)22-16/h3-4,7-8,11-12H,5-6,9-10H2,1-2H3,(H,23,27). The zero-order valence-corrected chi connectivity index (χ0v) is 15.4. The highest BCUT2D eigenvalue weighted by atomic mass is 16.1. The quantitative estimate of drug-likeness (QED) is 0.761. The zero-order valence-electron chi connectivity index (χ0n) is 15.4. The fraction of sp³-hybridized carbons (Fsp3) is 0.316. The minimum Gasteiger partial charge on any atom is -0.361 e. The van der Waals surface area contributed by atoms with Crippen LogP contribution in [0.4, 0.5) is 17.5 Å². The molecule has 2 aromatic heterocycles. The summed E-state index contributed by atoms with van der Waals surface area (Å²) in [6.45, 7) is 1.93. The first kappa shape index (κ1) is 17.1. The van der Waals surface area contributed by atoms with Crippen molar-refractivity contribution in [3.8, 4) is 0 Å². The van der Waals surface area contributed by atoms with Crippen molar-refractivity contribution in [1.29, 1.82) is 0 Å². The van der Waals surface area contributed by atoms with Gasteiger partial charge in [-0.1, -0.05) is 12.1 Å². The average molecular weight is 363 g/mol. The van der Waals surface area contributed by atoms with Crippen molar-refractivity contribution in [1.82, 2.24) is 19.9 Å². The van der Waals surface area contributed by atoms with Gasteiger partial charge in [0, 0.05) is 27.2 Å². The van der Waals surface area contributed by atoms with Crippen LogP contribution in [0.25, 0.3) is 11.0 Å². The third-order valence-electron chi connectivity index (χ3n) is 4.50. The van der Waals surface area contributed by atoms with Gasteiger partial charge >= 0.3 is 0 Å². The third-order valence-corrected chi connectivity index (χ3v) is 4.50. The second-order valence-corrected chi connectivity index (χ2v) is 6.69. The van der Waals surface area contributed by atoms with Crippen LogP contribution in [0.2, 0.25) is 0 Å². The molecule has 1 amide bonds. The Morgan fingerprint density at radius 3 is 2.52 bits per heavy atom. The molecular weight excluding hydrogens is 342 g/mol. The van der Waals surface area contributed by atoms with E-state index in [1.54, 1.807) is 6.20 Å². The van der Waals surface area contributed by atoms with Crippen LogP contribution in [-0.2, 0) is 0 Å². The van der Waals surface area contributed by atoms with Gasteiger partial charge in [-0.3, -0.25) is 9.78 Å². The Labute approximate surface area is 157 Å². The van der Waals surface area contributed by atoms with Gasteiger partial charge < -0.3 is 15.1 Å². The summed E-state index contributed by atoms with van der Waals surface area (Å²) < 4.78 is 0. The lowest BCUT2D eigenvalue weighted by Gasteiger charge is -2.20. The van der Waals surface area contributed by atoms with Gasteiger partial charge in [0.15, 0.2) is 5.82 Å². The second kappa shape index (κ2) is 7.14. The Morgan fingerprint density at radius 2 is 1.78 bits per heavy atom. The number of fused-ring (bicyclic) bond motifs is 1. The van der Waals surface area contributed by atoms with E-state index in [0.29, 0.717) is 23.0 Å². The van der Waals surface area contributed by atoms with Gasteiger partial charge in [-0.15, -0.1) is 0 Å². The summed E-state index contributed by atoms with van der Waals surface area (Å²) in [6, 6.07) is 7.45. The van der Waals surface area contributed by atoms with E-state index in [2.05, 4.69) is 30.2 Å². The second-order valence-electron chi connectivity index (χ2n) is 6.69. The molecule has 8 nitrogen and oxygen atoms in total. The Balaban J connectivity index is 1.61. The summed E-state index contributed by atoms with van der Waals surface area (Å²) in [7, 11) is 3.78. The van der Waals surface area contributed by atoms with Crippen LogP contribution in [0.1, 0.15) is 23.3 Å². The van der Waals surface area contributed by atoms with Crippen molar-refractivity contribution in [2.75, 3.05) is 42.3 Å². The number of nitrogens with one attached hydrogen (secondary N) is 1. The van der Waals surface area contributed by atoms with Crippen LogP contribution in [0.5, 0.6) is 0 Å². The number of carbonyl (C=O) groups is 1. The first-order valence-electron chi connectivity index (χ1n) is 8.94. The molecule has 0 saturated carbocycles. The number of hydrogen-bond acceptors (Lipinski definition) is 7. The molecule has 0 unspecified atom stereocenters. The van der Waals surface area contributed by atoms with E-state index in [9.17, 15) is 4.79 Å². The van der Waals surface area contributed by atoms with Crippen LogP contribution in [0.3, 0.4) is 0 Å². The first-order chi connectivity index (χ1) is 13.1. The maximum absolute atomic E-state index is 12.7. The third kappa shape index (κ3) is 3.51. The van der Waals surface area contributed by atoms with E-state index < -0.39 is 0 Å². The van der Waals surface area contributed by atoms with Gasteiger partial charge in [0.1, 0.15) is 11.4 Å². The van der Waals surface area contributed by atoms with Crippen molar-refractivity contribution in [2.24, 2.45) is 0 Å². The number of para-hydroxylation sites is 2. The largest absolute Gasteiger partial charge is 0.361 e. The molecule has 1 aliphatic heterocycles. The highest BCUT2D eigenvalue weighted by Gasteiger charge is 2.19. The monoisotopic (exact) mass is 363 g/mol.